The molecule has 0 amide bonds. The van der Waals surface area contributed by atoms with E-state index in [1.165, 1.54) is 0 Å². The number of halogens is 3. The Balaban J connectivity index is 2.54. The van der Waals surface area contributed by atoms with Crippen molar-refractivity contribution < 1.29 is 0 Å². The van der Waals surface area contributed by atoms with Crippen LogP contribution < -0.4 is 0 Å². The van der Waals surface area contributed by atoms with Crippen LogP contribution >= 0.6 is 43.5 Å². The first-order valence-electron chi connectivity index (χ1n) is 1.11. The summed E-state index contributed by atoms with van der Waals surface area (Å²) in [5, 5.41) is 0.800. The third-order valence-corrected chi connectivity index (χ3v) is 2.48. The monoisotopic (exact) mass is 220 g/mol. The van der Waals surface area contributed by atoms with Gasteiger partial charge in [0.05, 0.1) is 4.29 Å². The molecule has 3 heteroatoms. The Morgan fingerprint density at radius 1 is 1.80 bits per heavy atom. The second-order valence-electron chi connectivity index (χ2n) is 0.545. The van der Waals surface area contributed by atoms with Crippen LogP contribution in [0.2, 0.25) is 0 Å². The predicted octanol–water partition coefficient (Wildman–Crippen LogP) is 2.34. The summed E-state index contributed by atoms with van der Waals surface area (Å²) in [6.07, 6.45) is 0. The van der Waals surface area contributed by atoms with Crippen molar-refractivity contribution in [3.63, 3.8) is 0 Å². The molecular formula is C2H3Br2Cl. The van der Waals surface area contributed by atoms with Gasteiger partial charge < -0.3 is 0 Å². The average molecular weight is 222 g/mol. The Hall–Kier alpha value is 1.25. The van der Waals surface area contributed by atoms with Crippen molar-refractivity contribution in [2.75, 3.05) is 5.33 Å². The maximum atomic E-state index is 5.33. The molecule has 0 aromatic rings. The van der Waals surface area contributed by atoms with Crippen molar-refractivity contribution in [2.45, 2.75) is 4.29 Å². The topological polar surface area (TPSA) is 0 Å². The molecule has 1 atom stereocenters. The highest BCUT2D eigenvalue weighted by atomic mass is 79.9. The molecule has 0 N–H and O–H groups in total. The SMILES string of the molecule is Cl[C@@H](Br)CBr. The molecular weight excluding hydrogens is 219 g/mol. The van der Waals surface area contributed by atoms with Gasteiger partial charge in [0.25, 0.3) is 0 Å². The summed E-state index contributed by atoms with van der Waals surface area (Å²) >= 11 is 11.6. The Bertz CT molecular complexity index is 21.6. The standard InChI is InChI=1S/C2H3Br2Cl/c3-1-2(4)5/h2H,1H2/t2-/m1/s1. The number of hydrogen-bond donors (Lipinski definition) is 0. The molecule has 0 radical (unpaired) electrons. The van der Waals surface area contributed by atoms with Crippen LogP contribution in [0.25, 0.3) is 0 Å². The summed E-state index contributed by atoms with van der Waals surface area (Å²) in [4.78, 5) is 0. The van der Waals surface area contributed by atoms with E-state index in [1.54, 1.807) is 0 Å². The molecule has 0 bridgehead atoms. The molecule has 0 spiro atoms. The van der Waals surface area contributed by atoms with Gasteiger partial charge in [0.1, 0.15) is 0 Å². The van der Waals surface area contributed by atoms with Crippen LogP contribution in [0, 0.1) is 0 Å². The molecule has 5 heavy (non-hydrogen) atoms. The zero-order valence-corrected chi connectivity index (χ0v) is 6.35. The maximum absolute atomic E-state index is 5.33. The Labute approximate surface area is 53.1 Å². The summed E-state index contributed by atoms with van der Waals surface area (Å²) < 4.78 is 0.0856. The fourth-order valence-corrected chi connectivity index (χ4v) is 0. The van der Waals surface area contributed by atoms with Gasteiger partial charge in [0.2, 0.25) is 0 Å². The summed E-state index contributed by atoms with van der Waals surface area (Å²) in [6, 6.07) is 0. The lowest BCUT2D eigenvalue weighted by Gasteiger charge is -1.83. The van der Waals surface area contributed by atoms with Crippen LogP contribution in [0.5, 0.6) is 0 Å². The third kappa shape index (κ3) is 5.25. The first-order chi connectivity index (χ1) is 2.27. The Morgan fingerprint density at radius 2 is 2.00 bits per heavy atom. The van der Waals surface area contributed by atoms with Gasteiger partial charge in [0, 0.05) is 5.33 Å². The zero-order valence-electron chi connectivity index (χ0n) is 2.42. The fraction of sp³-hybridized carbons (Fsp3) is 1.00. The highest BCUT2D eigenvalue weighted by Crippen LogP contribution is 2.06. The van der Waals surface area contributed by atoms with Gasteiger partial charge in [-0.15, -0.1) is 11.6 Å². The van der Waals surface area contributed by atoms with Crippen LogP contribution in [-0.2, 0) is 0 Å². The number of alkyl halides is 3. The van der Waals surface area contributed by atoms with Crippen LogP contribution in [0.3, 0.4) is 0 Å². The van der Waals surface area contributed by atoms with Gasteiger partial charge in [-0.25, -0.2) is 0 Å². The van der Waals surface area contributed by atoms with Crippen LogP contribution in [-0.4, -0.2) is 9.62 Å². The highest BCUT2D eigenvalue weighted by Gasteiger charge is 1.87. The molecule has 0 unspecified atom stereocenters. The van der Waals surface area contributed by atoms with Crippen molar-refractivity contribution in [3.05, 3.63) is 0 Å². The van der Waals surface area contributed by atoms with E-state index in [0.717, 1.165) is 5.33 Å². The second kappa shape index (κ2) is 3.44. The Morgan fingerprint density at radius 3 is 2.00 bits per heavy atom. The lowest BCUT2D eigenvalue weighted by Crippen LogP contribution is -1.80. The van der Waals surface area contributed by atoms with E-state index < -0.39 is 0 Å². The maximum Gasteiger partial charge on any atom is 0.0982 e. The van der Waals surface area contributed by atoms with E-state index in [2.05, 4.69) is 31.9 Å². The molecule has 0 aromatic carbocycles. The first kappa shape index (κ1) is 6.25. The molecule has 0 saturated carbocycles. The summed E-state index contributed by atoms with van der Waals surface area (Å²) in [6.45, 7) is 0. The van der Waals surface area contributed by atoms with Gasteiger partial charge in [-0.1, -0.05) is 31.9 Å². The molecule has 0 aliphatic rings. The number of hydrogen-bond acceptors (Lipinski definition) is 0. The molecule has 0 fully saturated rings. The quantitative estimate of drug-likeness (QED) is 0.597. The van der Waals surface area contributed by atoms with Crippen molar-refractivity contribution >= 4 is 43.5 Å². The third-order valence-electron chi connectivity index (χ3n) is 0.117. The van der Waals surface area contributed by atoms with Gasteiger partial charge in [-0.05, 0) is 0 Å². The van der Waals surface area contributed by atoms with E-state index in [1.807, 2.05) is 0 Å². The molecule has 32 valence electrons. The van der Waals surface area contributed by atoms with Gasteiger partial charge in [-0.2, -0.15) is 0 Å². The molecule has 0 saturated heterocycles. The van der Waals surface area contributed by atoms with Crippen molar-refractivity contribution in [3.8, 4) is 0 Å². The van der Waals surface area contributed by atoms with Crippen molar-refractivity contribution in [1.82, 2.24) is 0 Å². The lowest BCUT2D eigenvalue weighted by atomic mass is 11.0. The van der Waals surface area contributed by atoms with Crippen LogP contribution in [0.15, 0.2) is 0 Å². The van der Waals surface area contributed by atoms with E-state index in [-0.39, 0.29) is 4.29 Å². The Kier molecular flexibility index (Phi) is 4.30. The van der Waals surface area contributed by atoms with Gasteiger partial charge in [0.15, 0.2) is 0 Å². The second-order valence-corrected chi connectivity index (χ2v) is 3.35. The average Bonchev–Trinajstić information content (AvgIpc) is 1.38. The molecule has 0 aromatic heterocycles. The van der Waals surface area contributed by atoms with E-state index in [4.69, 9.17) is 11.6 Å². The molecule has 0 rings (SSSR count). The van der Waals surface area contributed by atoms with Gasteiger partial charge >= 0.3 is 0 Å². The molecule has 0 heterocycles. The van der Waals surface area contributed by atoms with Crippen LogP contribution in [0.4, 0.5) is 0 Å². The zero-order chi connectivity index (χ0) is 4.28. The molecule has 0 aliphatic carbocycles. The van der Waals surface area contributed by atoms with Crippen LogP contribution in [0.1, 0.15) is 0 Å². The predicted molar refractivity (Wildman–Crippen MR) is 32.4 cm³/mol. The highest BCUT2D eigenvalue weighted by molar-refractivity contribution is 9.12. The number of rotatable bonds is 1. The lowest BCUT2D eigenvalue weighted by molar-refractivity contribution is 1.49. The van der Waals surface area contributed by atoms with Gasteiger partial charge in [-0.3, -0.25) is 0 Å². The van der Waals surface area contributed by atoms with Crippen molar-refractivity contribution in [2.24, 2.45) is 0 Å². The minimum Gasteiger partial charge on any atom is -0.110 e. The summed E-state index contributed by atoms with van der Waals surface area (Å²) in [7, 11) is 0. The fourth-order valence-electron chi connectivity index (χ4n) is 0. The minimum atomic E-state index is 0.0856. The van der Waals surface area contributed by atoms with E-state index in [9.17, 15) is 0 Å². The normalized spacial score (nSPS) is 15.0. The summed E-state index contributed by atoms with van der Waals surface area (Å²) in [5.74, 6) is 0. The van der Waals surface area contributed by atoms with Crippen molar-refractivity contribution in [1.29, 1.82) is 0 Å². The largest absolute Gasteiger partial charge is 0.110 e. The van der Waals surface area contributed by atoms with E-state index in [0.29, 0.717) is 0 Å². The first-order valence-corrected chi connectivity index (χ1v) is 3.59. The molecule has 0 aliphatic heterocycles. The molecule has 0 nitrogen and oxygen atoms in total. The van der Waals surface area contributed by atoms with E-state index >= 15 is 0 Å². The smallest absolute Gasteiger partial charge is 0.0982 e. The minimum absolute atomic E-state index is 0.0856. The summed E-state index contributed by atoms with van der Waals surface area (Å²) in [5.41, 5.74) is 0.